The van der Waals surface area contributed by atoms with Crippen molar-refractivity contribution in [2.45, 2.75) is 26.4 Å². The number of aromatic nitrogens is 3. The molecule has 0 aliphatic carbocycles. The van der Waals surface area contributed by atoms with Crippen LogP contribution in [0.1, 0.15) is 24.6 Å². The second-order valence-electron chi connectivity index (χ2n) is 4.41. The fraction of sp³-hybridized carbons (Fsp3) is 0.385. The van der Waals surface area contributed by atoms with Gasteiger partial charge in [-0.25, -0.2) is 13.5 Å². The van der Waals surface area contributed by atoms with E-state index in [1.54, 1.807) is 6.20 Å². The Morgan fingerprint density at radius 2 is 2.15 bits per heavy atom. The molecule has 1 aromatic carbocycles. The molecule has 2 aromatic rings. The summed E-state index contributed by atoms with van der Waals surface area (Å²) in [6.45, 7) is 3.57. The Labute approximate surface area is 124 Å². The Morgan fingerprint density at radius 3 is 2.90 bits per heavy atom. The lowest BCUT2D eigenvalue weighted by molar-refractivity contribution is 0.524. The maximum Gasteiger partial charge on any atom is 0.145 e. The molecule has 108 valence electrons. The number of hydrogen-bond donors (Lipinski definition) is 1. The van der Waals surface area contributed by atoms with Crippen molar-refractivity contribution in [3.8, 4) is 0 Å². The molecule has 20 heavy (non-hydrogen) atoms. The first kappa shape index (κ1) is 15.1. The largest absolute Gasteiger partial charge is 0.311 e. The average molecular weight is 345 g/mol. The van der Waals surface area contributed by atoms with Crippen LogP contribution in [0.2, 0.25) is 0 Å². The summed E-state index contributed by atoms with van der Waals surface area (Å²) in [5.41, 5.74) is 0.714. The van der Waals surface area contributed by atoms with E-state index < -0.39 is 11.6 Å². The van der Waals surface area contributed by atoms with Gasteiger partial charge < -0.3 is 5.32 Å². The number of benzene rings is 1. The predicted molar refractivity (Wildman–Crippen MR) is 75.2 cm³/mol. The summed E-state index contributed by atoms with van der Waals surface area (Å²) >= 11 is 3.04. The van der Waals surface area contributed by atoms with Gasteiger partial charge in [-0.1, -0.05) is 12.1 Å². The van der Waals surface area contributed by atoms with E-state index in [1.807, 2.05) is 0 Å². The number of nitrogens with one attached hydrogen (secondary N) is 1. The van der Waals surface area contributed by atoms with E-state index in [1.165, 1.54) is 16.8 Å². The van der Waals surface area contributed by atoms with E-state index in [0.717, 1.165) is 18.7 Å². The molecule has 1 heterocycles. The van der Waals surface area contributed by atoms with Crippen molar-refractivity contribution in [3.63, 3.8) is 0 Å². The van der Waals surface area contributed by atoms with Gasteiger partial charge in [-0.3, -0.25) is 0 Å². The minimum atomic E-state index is -0.605. The Kier molecular flexibility index (Phi) is 5.19. The lowest BCUT2D eigenvalue weighted by Gasteiger charge is -2.06. The summed E-state index contributed by atoms with van der Waals surface area (Å²) < 4.78 is 29.1. The summed E-state index contributed by atoms with van der Waals surface area (Å²) in [5.74, 6) is -1.20. The smallest absolute Gasteiger partial charge is 0.145 e. The monoisotopic (exact) mass is 344 g/mol. The van der Waals surface area contributed by atoms with Crippen LogP contribution < -0.4 is 5.32 Å². The maximum absolute atomic E-state index is 13.8. The molecule has 0 saturated carbocycles. The Morgan fingerprint density at radius 1 is 1.35 bits per heavy atom. The first-order valence-corrected chi connectivity index (χ1v) is 7.13. The molecule has 0 bridgehead atoms. The second-order valence-corrected chi connectivity index (χ2v) is 5.26. The summed E-state index contributed by atoms with van der Waals surface area (Å²) in [7, 11) is 0. The Bertz CT molecular complexity index is 586. The van der Waals surface area contributed by atoms with Crippen LogP contribution in [0.3, 0.4) is 0 Å². The topological polar surface area (TPSA) is 42.7 Å². The molecule has 4 nitrogen and oxygen atoms in total. The molecule has 2 rings (SSSR count). The van der Waals surface area contributed by atoms with Crippen molar-refractivity contribution < 1.29 is 8.78 Å². The second kappa shape index (κ2) is 6.90. The van der Waals surface area contributed by atoms with Gasteiger partial charge in [0.2, 0.25) is 0 Å². The molecule has 0 unspecified atom stereocenters. The number of hydrogen-bond acceptors (Lipinski definition) is 3. The molecule has 0 atom stereocenters. The van der Waals surface area contributed by atoms with Crippen molar-refractivity contribution in [1.29, 1.82) is 0 Å². The summed E-state index contributed by atoms with van der Waals surface area (Å²) in [6, 6.07) is 2.57. The number of nitrogens with zero attached hydrogens (tertiary/aromatic N) is 3. The van der Waals surface area contributed by atoms with Crippen LogP contribution in [0.5, 0.6) is 0 Å². The zero-order valence-corrected chi connectivity index (χ0v) is 12.6. The SMILES string of the molecule is CCCNCc1cn(Cc2c(F)ccc(Br)c2F)nn1. The van der Waals surface area contributed by atoms with E-state index in [-0.39, 0.29) is 16.6 Å². The molecule has 0 saturated heterocycles. The summed E-state index contributed by atoms with van der Waals surface area (Å²) in [6.07, 6.45) is 2.71. The van der Waals surface area contributed by atoms with Gasteiger partial charge in [-0.2, -0.15) is 0 Å². The van der Waals surface area contributed by atoms with Crippen LogP contribution in [0, 0.1) is 11.6 Å². The van der Waals surface area contributed by atoms with Gasteiger partial charge >= 0.3 is 0 Å². The van der Waals surface area contributed by atoms with Crippen LogP contribution in [-0.4, -0.2) is 21.5 Å². The van der Waals surface area contributed by atoms with Crippen molar-refractivity contribution in [2.24, 2.45) is 0 Å². The molecule has 7 heteroatoms. The van der Waals surface area contributed by atoms with E-state index in [2.05, 4.69) is 38.5 Å². The van der Waals surface area contributed by atoms with Crippen molar-refractivity contribution in [1.82, 2.24) is 20.3 Å². The Balaban J connectivity index is 2.09. The molecule has 0 aliphatic rings. The Hall–Kier alpha value is -1.34. The molecule has 0 aliphatic heterocycles. The highest BCUT2D eigenvalue weighted by Crippen LogP contribution is 2.22. The standard InChI is InChI=1S/C13H15BrF2N4/c1-2-5-17-6-9-7-20(19-18-9)8-10-12(15)4-3-11(14)13(10)16/h3-4,7,17H,2,5-6,8H2,1H3. The highest BCUT2D eigenvalue weighted by atomic mass is 79.9. The van der Waals surface area contributed by atoms with Gasteiger partial charge in [-0.05, 0) is 41.0 Å². The highest BCUT2D eigenvalue weighted by molar-refractivity contribution is 9.10. The molecule has 0 fully saturated rings. The fourth-order valence-corrected chi connectivity index (χ4v) is 2.14. The first-order valence-electron chi connectivity index (χ1n) is 6.34. The molecule has 1 aromatic heterocycles. The molecule has 0 amide bonds. The van der Waals surface area contributed by atoms with E-state index in [0.29, 0.717) is 6.54 Å². The zero-order chi connectivity index (χ0) is 14.5. The maximum atomic E-state index is 13.8. The summed E-state index contributed by atoms with van der Waals surface area (Å²) in [5, 5.41) is 11.0. The normalized spacial score (nSPS) is 11.0. The van der Waals surface area contributed by atoms with Crippen molar-refractivity contribution >= 4 is 15.9 Å². The average Bonchev–Trinajstić information content (AvgIpc) is 2.87. The third-order valence-corrected chi connectivity index (χ3v) is 3.39. The molecular weight excluding hydrogens is 330 g/mol. The van der Waals surface area contributed by atoms with Crippen molar-refractivity contribution in [3.05, 3.63) is 45.7 Å². The van der Waals surface area contributed by atoms with E-state index >= 15 is 0 Å². The summed E-state index contributed by atoms with van der Waals surface area (Å²) in [4.78, 5) is 0. The van der Waals surface area contributed by atoms with Gasteiger partial charge in [0.25, 0.3) is 0 Å². The number of rotatable bonds is 6. The third kappa shape index (κ3) is 3.61. The fourth-order valence-electron chi connectivity index (χ4n) is 1.77. The van der Waals surface area contributed by atoms with Crippen LogP contribution in [0.15, 0.2) is 22.8 Å². The minimum Gasteiger partial charge on any atom is -0.311 e. The zero-order valence-electron chi connectivity index (χ0n) is 11.0. The van der Waals surface area contributed by atoms with Crippen LogP contribution in [0.4, 0.5) is 8.78 Å². The molecule has 0 spiro atoms. The predicted octanol–water partition coefficient (Wildman–Crippen LogP) is 2.87. The van der Waals surface area contributed by atoms with Crippen molar-refractivity contribution in [2.75, 3.05) is 6.54 Å². The minimum absolute atomic E-state index is 0.0118. The third-order valence-electron chi connectivity index (χ3n) is 2.78. The van der Waals surface area contributed by atoms with Gasteiger partial charge in [0.1, 0.15) is 11.6 Å². The lowest BCUT2D eigenvalue weighted by atomic mass is 10.2. The van der Waals surface area contributed by atoms with E-state index in [9.17, 15) is 8.78 Å². The van der Waals surface area contributed by atoms with E-state index in [4.69, 9.17) is 0 Å². The number of halogens is 3. The van der Waals surface area contributed by atoms with Crippen LogP contribution in [0.25, 0.3) is 0 Å². The first-order chi connectivity index (χ1) is 9.61. The molecule has 0 radical (unpaired) electrons. The van der Waals surface area contributed by atoms with Crippen LogP contribution in [-0.2, 0) is 13.1 Å². The van der Waals surface area contributed by atoms with Gasteiger partial charge in [0.15, 0.2) is 0 Å². The van der Waals surface area contributed by atoms with Gasteiger partial charge in [0.05, 0.1) is 22.9 Å². The molecule has 1 N–H and O–H groups in total. The van der Waals surface area contributed by atoms with Gasteiger partial charge in [0, 0.05) is 12.1 Å². The molecular formula is C13H15BrF2N4. The highest BCUT2D eigenvalue weighted by Gasteiger charge is 2.13. The van der Waals surface area contributed by atoms with Crippen LogP contribution >= 0.6 is 15.9 Å². The van der Waals surface area contributed by atoms with Gasteiger partial charge in [-0.15, -0.1) is 5.10 Å². The quantitative estimate of drug-likeness (QED) is 0.647. The lowest BCUT2D eigenvalue weighted by Crippen LogP contribution is -2.13.